The second-order valence-corrected chi connectivity index (χ2v) is 11.0. The number of pyridine rings is 1. The molecule has 3 fully saturated rings. The smallest absolute Gasteiger partial charge is 0.465 e. The van der Waals surface area contributed by atoms with Crippen molar-refractivity contribution in [3.63, 3.8) is 0 Å². The normalized spacial score (nSPS) is 30.0. The maximum atomic E-state index is 13.2. The third-order valence-corrected chi connectivity index (χ3v) is 8.46. The monoisotopic (exact) mass is 605 g/mol. The Balaban J connectivity index is 1.23. The lowest BCUT2D eigenvalue weighted by Crippen LogP contribution is -2.59. The zero-order valence-electron chi connectivity index (χ0n) is 22.4. The van der Waals surface area contributed by atoms with Gasteiger partial charge in [-0.15, -0.1) is 10.1 Å². The molecule has 0 bridgehead atoms. The minimum absolute atomic E-state index is 0.00143. The highest BCUT2D eigenvalue weighted by atomic mass is 35.5. The van der Waals surface area contributed by atoms with Gasteiger partial charge >= 0.3 is 12.2 Å². The van der Waals surface area contributed by atoms with E-state index in [0.717, 1.165) is 10.5 Å². The standard InChI is InChI=1S/C27H28ClN3O11/c1-13-23(18-11-39-24(17(18)10-29-13)14-2-4-15(28)5-3-14)41-27(34)40-22-9-16(42-31(35)36)8-20(30(22)26(32)33)19-12-38-21-6-7-37-25(19)21/h2-5,10,16,19-22,24-25H,6-9,11-12H2,1H3,(H,32,33)/t16?,19?,20?,21-,22+,24?,25?/m0/s1. The van der Waals surface area contributed by atoms with Crippen LogP contribution >= 0.6 is 11.6 Å². The van der Waals surface area contributed by atoms with E-state index in [1.165, 1.54) is 0 Å². The average molecular weight is 606 g/mol. The van der Waals surface area contributed by atoms with Crippen LogP contribution in [0.3, 0.4) is 0 Å². The number of rotatable bonds is 6. The summed E-state index contributed by atoms with van der Waals surface area (Å²) in [5.41, 5.74) is 2.52. The van der Waals surface area contributed by atoms with Crippen LogP contribution in [-0.4, -0.2) is 76.1 Å². The van der Waals surface area contributed by atoms with Gasteiger partial charge in [0.15, 0.2) is 12.0 Å². The molecule has 7 atom stereocenters. The minimum Gasteiger partial charge on any atom is -0.465 e. The fourth-order valence-electron chi connectivity index (χ4n) is 6.37. The fourth-order valence-corrected chi connectivity index (χ4v) is 6.50. The van der Waals surface area contributed by atoms with E-state index in [-0.39, 0.29) is 44.0 Å². The number of fused-ring (bicyclic) bond motifs is 2. The summed E-state index contributed by atoms with van der Waals surface area (Å²) in [4.78, 5) is 47.0. The number of aromatic nitrogens is 1. The van der Waals surface area contributed by atoms with Crippen LogP contribution < -0.4 is 4.74 Å². The van der Waals surface area contributed by atoms with Gasteiger partial charge in [0.1, 0.15) is 12.2 Å². The summed E-state index contributed by atoms with van der Waals surface area (Å²) in [6.45, 7) is 2.44. The molecule has 3 saturated heterocycles. The average Bonchev–Trinajstić information content (AvgIpc) is 3.66. The van der Waals surface area contributed by atoms with E-state index >= 15 is 0 Å². The number of carbonyl (C=O) groups excluding carboxylic acids is 1. The third kappa shape index (κ3) is 5.42. The molecule has 0 saturated carbocycles. The first kappa shape index (κ1) is 28.4. The van der Waals surface area contributed by atoms with E-state index in [9.17, 15) is 24.8 Å². The maximum absolute atomic E-state index is 13.2. The van der Waals surface area contributed by atoms with E-state index in [2.05, 4.69) is 4.98 Å². The molecule has 4 aliphatic heterocycles. The second kappa shape index (κ2) is 11.5. The molecule has 0 spiro atoms. The van der Waals surface area contributed by atoms with Gasteiger partial charge in [0.25, 0.3) is 5.09 Å². The van der Waals surface area contributed by atoms with Crippen molar-refractivity contribution in [3.05, 3.63) is 68.0 Å². The minimum atomic E-state index is -1.43. The molecular weight excluding hydrogens is 578 g/mol. The third-order valence-electron chi connectivity index (χ3n) is 8.21. The quantitative estimate of drug-likeness (QED) is 0.285. The van der Waals surface area contributed by atoms with Gasteiger partial charge in [0.05, 0.1) is 31.1 Å². The summed E-state index contributed by atoms with van der Waals surface area (Å²) in [5.74, 6) is -0.299. The highest BCUT2D eigenvalue weighted by molar-refractivity contribution is 6.30. The van der Waals surface area contributed by atoms with Crippen molar-refractivity contribution in [1.82, 2.24) is 9.88 Å². The largest absolute Gasteiger partial charge is 0.515 e. The molecule has 1 aromatic carbocycles. The van der Waals surface area contributed by atoms with Crippen molar-refractivity contribution >= 4 is 23.8 Å². The van der Waals surface area contributed by atoms with Crippen LogP contribution in [0.4, 0.5) is 9.59 Å². The van der Waals surface area contributed by atoms with Crippen LogP contribution in [0.25, 0.3) is 0 Å². The Kier molecular flexibility index (Phi) is 7.79. The van der Waals surface area contributed by atoms with Crippen LogP contribution in [0.2, 0.25) is 5.02 Å². The van der Waals surface area contributed by atoms with Crippen LogP contribution in [0.1, 0.15) is 47.8 Å². The molecule has 5 heterocycles. The number of amides is 1. The maximum Gasteiger partial charge on any atom is 0.515 e. The molecular formula is C27H28ClN3O11. The Morgan fingerprint density at radius 3 is 2.71 bits per heavy atom. The number of halogens is 1. The lowest BCUT2D eigenvalue weighted by atomic mass is 9.85. The molecule has 1 amide bonds. The lowest BCUT2D eigenvalue weighted by Gasteiger charge is -2.44. The Hall–Kier alpha value is -3.72. The van der Waals surface area contributed by atoms with Crippen LogP contribution in [0.15, 0.2) is 30.5 Å². The van der Waals surface area contributed by atoms with E-state index in [1.54, 1.807) is 25.3 Å². The van der Waals surface area contributed by atoms with Gasteiger partial charge < -0.3 is 33.6 Å². The number of nitrogens with zero attached hydrogens (tertiary/aromatic N) is 3. The fraction of sp³-hybridized carbons (Fsp3) is 0.519. The van der Waals surface area contributed by atoms with E-state index in [4.69, 9.17) is 40.1 Å². The first-order valence-corrected chi connectivity index (χ1v) is 13.9. The van der Waals surface area contributed by atoms with Crippen molar-refractivity contribution in [3.8, 4) is 5.75 Å². The van der Waals surface area contributed by atoms with Crippen molar-refractivity contribution < 1.29 is 48.3 Å². The summed E-state index contributed by atoms with van der Waals surface area (Å²) >= 11 is 6.02. The number of carboxylic acid groups (broad SMARTS) is 1. The van der Waals surface area contributed by atoms with Gasteiger partial charge in [0, 0.05) is 47.3 Å². The Labute approximate surface area is 244 Å². The number of ether oxygens (including phenoxy) is 5. The van der Waals surface area contributed by atoms with Gasteiger partial charge in [-0.3, -0.25) is 9.88 Å². The van der Waals surface area contributed by atoms with Crippen molar-refractivity contribution in [2.75, 3.05) is 13.2 Å². The summed E-state index contributed by atoms with van der Waals surface area (Å²) in [6.07, 6.45) is -4.01. The number of hydrogen-bond donors (Lipinski definition) is 1. The Morgan fingerprint density at radius 1 is 1.19 bits per heavy atom. The van der Waals surface area contributed by atoms with E-state index in [1.807, 2.05) is 12.1 Å². The van der Waals surface area contributed by atoms with Gasteiger partial charge in [-0.05, 0) is 37.5 Å². The lowest BCUT2D eigenvalue weighted by molar-refractivity contribution is -0.770. The first-order chi connectivity index (χ1) is 20.2. The number of hydrogen-bond acceptors (Lipinski definition) is 11. The predicted octanol–water partition coefficient (Wildman–Crippen LogP) is 4.03. The molecule has 4 aliphatic rings. The summed E-state index contributed by atoms with van der Waals surface area (Å²) in [7, 11) is 0. The molecule has 42 heavy (non-hydrogen) atoms. The Bertz CT molecular complexity index is 1380. The molecule has 224 valence electrons. The Morgan fingerprint density at radius 2 is 1.98 bits per heavy atom. The molecule has 1 aromatic heterocycles. The number of benzene rings is 1. The van der Waals surface area contributed by atoms with Crippen LogP contribution in [0.5, 0.6) is 5.75 Å². The van der Waals surface area contributed by atoms with Gasteiger partial charge in [0.2, 0.25) is 0 Å². The van der Waals surface area contributed by atoms with Gasteiger partial charge in [-0.25, -0.2) is 9.59 Å². The van der Waals surface area contributed by atoms with Gasteiger partial charge in [-0.2, -0.15) is 0 Å². The molecule has 6 rings (SSSR count). The van der Waals surface area contributed by atoms with Crippen molar-refractivity contribution in [2.45, 2.75) is 69.5 Å². The number of carbonyl (C=O) groups is 2. The van der Waals surface area contributed by atoms with E-state index in [0.29, 0.717) is 34.9 Å². The number of likely N-dealkylation sites (tertiary alicyclic amines) is 1. The predicted molar refractivity (Wildman–Crippen MR) is 140 cm³/mol. The molecule has 14 nitrogen and oxygen atoms in total. The number of piperidine rings is 1. The first-order valence-electron chi connectivity index (χ1n) is 13.5. The summed E-state index contributed by atoms with van der Waals surface area (Å²) in [6, 6.07) is 6.31. The molecule has 5 unspecified atom stereocenters. The summed E-state index contributed by atoms with van der Waals surface area (Å²) < 4.78 is 28.7. The van der Waals surface area contributed by atoms with E-state index < -0.39 is 47.7 Å². The van der Waals surface area contributed by atoms with Gasteiger partial charge in [-0.1, -0.05) is 23.7 Å². The number of aryl methyl sites for hydroxylation is 1. The highest BCUT2D eigenvalue weighted by Gasteiger charge is 2.53. The highest BCUT2D eigenvalue weighted by Crippen LogP contribution is 2.42. The zero-order chi connectivity index (χ0) is 29.5. The molecule has 0 aliphatic carbocycles. The molecule has 15 heteroatoms. The zero-order valence-corrected chi connectivity index (χ0v) is 23.2. The molecule has 1 N–H and O–H groups in total. The van der Waals surface area contributed by atoms with Crippen molar-refractivity contribution in [2.24, 2.45) is 5.92 Å². The van der Waals surface area contributed by atoms with Crippen molar-refractivity contribution in [1.29, 1.82) is 0 Å². The summed E-state index contributed by atoms with van der Waals surface area (Å²) in [5, 5.41) is 21.0. The molecule has 0 radical (unpaired) electrons. The topological polar surface area (TPSA) is 169 Å². The second-order valence-electron chi connectivity index (χ2n) is 10.6. The van der Waals surface area contributed by atoms with Crippen LogP contribution in [-0.2, 0) is 30.4 Å². The van der Waals surface area contributed by atoms with Crippen LogP contribution in [0, 0.1) is 23.0 Å². The SMILES string of the molecule is Cc1ncc2c(c1OC(=O)O[C@@H]1CC(O[N+](=O)[O-])CC(C3CO[C@H]4CCOC34)N1C(=O)O)COC2c1ccc(Cl)cc1. The molecule has 2 aromatic rings.